The summed E-state index contributed by atoms with van der Waals surface area (Å²) in [5.41, 5.74) is 1.34. The number of benzene rings is 1. The Bertz CT molecular complexity index is 912. The summed E-state index contributed by atoms with van der Waals surface area (Å²) in [5.74, 6) is -0.395. The number of alkyl halides is 3. The van der Waals surface area contributed by atoms with Crippen molar-refractivity contribution in [3.05, 3.63) is 66.2 Å². The van der Waals surface area contributed by atoms with Crippen molar-refractivity contribution in [2.75, 3.05) is 6.61 Å². The Morgan fingerprint density at radius 3 is 2.81 bits per heavy atom. The van der Waals surface area contributed by atoms with Crippen LogP contribution in [-0.2, 0) is 6.54 Å². The zero-order chi connectivity index (χ0) is 19.3. The molecule has 0 spiro atoms. The first-order valence-electron chi connectivity index (χ1n) is 7.80. The number of ether oxygens (including phenoxy) is 1. The maximum absolute atomic E-state index is 12.2. The second-order valence-electron chi connectivity index (χ2n) is 5.49. The van der Waals surface area contributed by atoms with Gasteiger partial charge in [-0.05, 0) is 29.8 Å². The number of hydrogen-bond donors (Lipinski definition) is 1. The molecule has 3 rings (SSSR count). The second kappa shape index (κ2) is 7.85. The van der Waals surface area contributed by atoms with Gasteiger partial charge in [-0.2, -0.15) is 13.2 Å². The lowest BCUT2D eigenvalue weighted by Crippen LogP contribution is -2.23. The minimum atomic E-state index is -4.41. The summed E-state index contributed by atoms with van der Waals surface area (Å²) in [7, 11) is 0. The Kier molecular flexibility index (Phi) is 5.34. The highest BCUT2D eigenvalue weighted by Gasteiger charge is 2.28. The molecule has 2 heterocycles. The van der Waals surface area contributed by atoms with Crippen LogP contribution in [0.1, 0.15) is 16.1 Å². The topological polar surface area (TPSA) is 81.9 Å². The Balaban J connectivity index is 1.59. The molecule has 1 N–H and O–H groups in total. The van der Waals surface area contributed by atoms with Gasteiger partial charge in [0, 0.05) is 12.7 Å². The molecule has 140 valence electrons. The predicted octanol–water partition coefficient (Wildman–Crippen LogP) is 2.53. The van der Waals surface area contributed by atoms with Gasteiger partial charge < -0.3 is 10.1 Å². The lowest BCUT2D eigenvalue weighted by molar-refractivity contribution is -0.153. The van der Waals surface area contributed by atoms with E-state index in [9.17, 15) is 18.0 Å². The van der Waals surface area contributed by atoms with Crippen molar-refractivity contribution >= 4 is 5.91 Å². The molecule has 7 nitrogen and oxygen atoms in total. The fraction of sp³-hybridized carbons (Fsp3) is 0.176. The van der Waals surface area contributed by atoms with E-state index in [0.717, 1.165) is 0 Å². The molecule has 0 aliphatic carbocycles. The van der Waals surface area contributed by atoms with Crippen LogP contribution in [0.4, 0.5) is 13.2 Å². The van der Waals surface area contributed by atoms with Crippen LogP contribution in [0.3, 0.4) is 0 Å². The van der Waals surface area contributed by atoms with Gasteiger partial charge in [-0.1, -0.05) is 17.3 Å². The number of halogens is 3. The van der Waals surface area contributed by atoms with Gasteiger partial charge in [0.2, 0.25) is 0 Å². The van der Waals surface area contributed by atoms with Crippen LogP contribution in [0.2, 0.25) is 0 Å². The Morgan fingerprint density at radius 2 is 2.07 bits per heavy atom. The van der Waals surface area contributed by atoms with Crippen LogP contribution in [0.15, 0.2) is 55.0 Å². The molecule has 27 heavy (non-hydrogen) atoms. The maximum atomic E-state index is 12.2. The number of nitrogens with zero attached hydrogens (tertiary/aromatic N) is 4. The van der Waals surface area contributed by atoms with E-state index in [0.29, 0.717) is 11.3 Å². The van der Waals surface area contributed by atoms with E-state index < -0.39 is 18.7 Å². The molecule has 0 unspecified atom stereocenters. The van der Waals surface area contributed by atoms with Gasteiger partial charge in [0.15, 0.2) is 12.3 Å². The highest BCUT2D eigenvalue weighted by atomic mass is 19.4. The molecular weight excluding hydrogens is 363 g/mol. The van der Waals surface area contributed by atoms with Crippen LogP contribution in [0, 0.1) is 0 Å². The molecule has 0 bridgehead atoms. The molecule has 0 atom stereocenters. The average Bonchev–Trinajstić information content (AvgIpc) is 3.15. The summed E-state index contributed by atoms with van der Waals surface area (Å²) in [6.45, 7) is -1.28. The standard InChI is InChI=1S/C17H14F3N5O2/c18-17(19,20)11-27-14-5-1-3-12(7-14)8-22-16(26)15-10-25(24-23-15)13-4-2-6-21-9-13/h1-7,9-10H,8,11H2,(H,22,26). The number of aromatic nitrogens is 4. The first-order chi connectivity index (χ1) is 12.9. The van der Waals surface area contributed by atoms with Crippen molar-refractivity contribution in [3.63, 3.8) is 0 Å². The number of pyridine rings is 1. The van der Waals surface area contributed by atoms with Crippen molar-refractivity contribution in [1.29, 1.82) is 0 Å². The van der Waals surface area contributed by atoms with E-state index in [1.807, 2.05) is 0 Å². The lowest BCUT2D eigenvalue weighted by Gasteiger charge is -2.10. The van der Waals surface area contributed by atoms with Gasteiger partial charge in [0.05, 0.1) is 18.1 Å². The summed E-state index contributed by atoms with van der Waals surface area (Å²) >= 11 is 0. The molecule has 1 amide bonds. The molecule has 0 fully saturated rings. The quantitative estimate of drug-likeness (QED) is 0.714. The van der Waals surface area contributed by atoms with Crippen molar-refractivity contribution in [2.24, 2.45) is 0 Å². The summed E-state index contributed by atoms with van der Waals surface area (Å²) in [6.07, 6.45) is 0.225. The molecular formula is C17H14F3N5O2. The lowest BCUT2D eigenvalue weighted by atomic mass is 10.2. The third-order valence-corrected chi connectivity index (χ3v) is 3.39. The third-order valence-electron chi connectivity index (χ3n) is 3.39. The van der Waals surface area contributed by atoms with Crippen LogP contribution >= 0.6 is 0 Å². The molecule has 0 aliphatic rings. The summed E-state index contributed by atoms with van der Waals surface area (Å²) in [5, 5.41) is 10.3. The molecule has 10 heteroatoms. The molecule has 3 aromatic rings. The normalized spacial score (nSPS) is 11.2. The molecule has 0 aliphatic heterocycles. The maximum Gasteiger partial charge on any atom is 0.422 e. The van der Waals surface area contributed by atoms with E-state index in [4.69, 9.17) is 0 Å². The molecule has 1 aromatic carbocycles. The zero-order valence-corrected chi connectivity index (χ0v) is 13.8. The number of hydrogen-bond acceptors (Lipinski definition) is 5. The zero-order valence-electron chi connectivity index (χ0n) is 13.8. The number of carbonyl (C=O) groups is 1. The summed E-state index contributed by atoms with van der Waals surface area (Å²) in [4.78, 5) is 16.1. The molecule has 0 radical (unpaired) electrons. The van der Waals surface area contributed by atoms with Crippen molar-refractivity contribution in [3.8, 4) is 11.4 Å². The largest absolute Gasteiger partial charge is 0.484 e. The average molecular weight is 377 g/mol. The smallest absolute Gasteiger partial charge is 0.422 e. The number of rotatable bonds is 6. The fourth-order valence-corrected chi connectivity index (χ4v) is 2.17. The van der Waals surface area contributed by atoms with Crippen LogP contribution < -0.4 is 10.1 Å². The first kappa shape index (κ1) is 18.4. The monoisotopic (exact) mass is 377 g/mol. The second-order valence-corrected chi connectivity index (χ2v) is 5.49. The summed E-state index contributed by atoms with van der Waals surface area (Å²) < 4.78 is 42.7. The minimum Gasteiger partial charge on any atom is -0.484 e. The number of amides is 1. The Hall–Kier alpha value is -3.43. The van der Waals surface area contributed by atoms with Gasteiger partial charge in [-0.15, -0.1) is 5.10 Å². The SMILES string of the molecule is O=C(NCc1cccc(OCC(F)(F)F)c1)c1cn(-c2cccnc2)nn1. The van der Waals surface area contributed by atoms with Crippen molar-refractivity contribution < 1.29 is 22.7 Å². The van der Waals surface area contributed by atoms with Crippen molar-refractivity contribution in [1.82, 2.24) is 25.3 Å². The van der Waals surface area contributed by atoms with Crippen molar-refractivity contribution in [2.45, 2.75) is 12.7 Å². The van der Waals surface area contributed by atoms with Gasteiger partial charge in [-0.25, -0.2) is 4.68 Å². The fourth-order valence-electron chi connectivity index (χ4n) is 2.17. The number of nitrogens with one attached hydrogen (secondary N) is 1. The number of carbonyl (C=O) groups excluding carboxylic acids is 1. The Labute approximate surface area is 151 Å². The van der Waals surface area contributed by atoms with E-state index in [1.54, 1.807) is 36.7 Å². The minimum absolute atomic E-state index is 0.0709. The van der Waals surface area contributed by atoms with Gasteiger partial charge >= 0.3 is 6.18 Å². The van der Waals surface area contributed by atoms with Gasteiger partial charge in [0.1, 0.15) is 5.75 Å². The van der Waals surface area contributed by atoms with Gasteiger partial charge in [-0.3, -0.25) is 9.78 Å². The van der Waals surface area contributed by atoms with Crippen LogP contribution in [-0.4, -0.2) is 38.7 Å². The van der Waals surface area contributed by atoms with Crippen LogP contribution in [0.25, 0.3) is 5.69 Å². The molecule has 2 aromatic heterocycles. The van der Waals surface area contributed by atoms with Crippen LogP contribution in [0.5, 0.6) is 5.75 Å². The highest BCUT2D eigenvalue weighted by Crippen LogP contribution is 2.19. The highest BCUT2D eigenvalue weighted by molar-refractivity contribution is 5.91. The van der Waals surface area contributed by atoms with Gasteiger partial charge in [0.25, 0.3) is 5.91 Å². The van der Waals surface area contributed by atoms with E-state index in [2.05, 4.69) is 25.3 Å². The van der Waals surface area contributed by atoms with E-state index in [-0.39, 0.29) is 18.0 Å². The summed E-state index contributed by atoms with van der Waals surface area (Å²) in [6, 6.07) is 9.54. The van der Waals surface area contributed by atoms with E-state index >= 15 is 0 Å². The molecule has 0 saturated heterocycles. The first-order valence-corrected chi connectivity index (χ1v) is 7.80. The molecule has 0 saturated carbocycles. The third kappa shape index (κ3) is 5.27. The Morgan fingerprint density at radius 1 is 1.22 bits per heavy atom. The van der Waals surface area contributed by atoms with E-state index in [1.165, 1.54) is 23.0 Å². The predicted molar refractivity (Wildman–Crippen MR) is 88.3 cm³/mol.